The highest BCUT2D eigenvalue weighted by atomic mass is 19.3. The molecule has 0 bridgehead atoms. The lowest BCUT2D eigenvalue weighted by atomic mass is 10.1. The molecule has 0 aliphatic carbocycles. The fraction of sp³-hybridized carbons (Fsp3) is 0.188. The van der Waals surface area contributed by atoms with E-state index in [0.717, 1.165) is 0 Å². The number of nitrogens with one attached hydrogen (secondary N) is 1. The first-order valence-electron chi connectivity index (χ1n) is 6.71. The fourth-order valence-corrected chi connectivity index (χ4v) is 1.93. The number of rotatable bonds is 6. The van der Waals surface area contributed by atoms with Gasteiger partial charge in [0.25, 0.3) is 5.91 Å². The van der Waals surface area contributed by atoms with Gasteiger partial charge < -0.3 is 15.2 Å². The molecule has 0 aromatic heterocycles. The van der Waals surface area contributed by atoms with Gasteiger partial charge in [0.1, 0.15) is 11.6 Å². The number of hydrogen-bond acceptors (Lipinski definition) is 3. The Balaban J connectivity index is 1.96. The number of carbonyl (C=O) groups excluding carboxylic acids is 1. The number of hydrogen-bond donors (Lipinski definition) is 2. The predicted octanol–water partition coefficient (Wildman–Crippen LogP) is 2.85. The van der Waals surface area contributed by atoms with Gasteiger partial charge in [-0.3, -0.25) is 4.79 Å². The van der Waals surface area contributed by atoms with Crippen LogP contribution in [0.25, 0.3) is 0 Å². The van der Waals surface area contributed by atoms with Crippen LogP contribution in [0.4, 0.5) is 13.2 Å². The molecule has 7 heteroatoms. The number of halogens is 3. The summed E-state index contributed by atoms with van der Waals surface area (Å²) in [6.45, 7) is -3.21. The number of carbonyl (C=O) groups is 1. The molecule has 23 heavy (non-hydrogen) atoms. The Kier molecular flexibility index (Phi) is 5.59. The van der Waals surface area contributed by atoms with Crippen LogP contribution in [0.1, 0.15) is 21.5 Å². The van der Waals surface area contributed by atoms with Gasteiger partial charge in [0.05, 0.1) is 6.61 Å². The van der Waals surface area contributed by atoms with E-state index in [1.165, 1.54) is 42.5 Å². The van der Waals surface area contributed by atoms with Crippen LogP contribution in [0.2, 0.25) is 0 Å². The maximum absolute atomic E-state index is 13.2. The summed E-state index contributed by atoms with van der Waals surface area (Å²) in [4.78, 5) is 11.9. The van der Waals surface area contributed by atoms with E-state index in [1.807, 2.05) is 0 Å². The van der Waals surface area contributed by atoms with Crippen LogP contribution in [-0.4, -0.2) is 17.6 Å². The van der Waals surface area contributed by atoms with Crippen LogP contribution in [0.5, 0.6) is 5.75 Å². The standard InChI is InChI=1S/C16H14F3NO3/c17-14-6-1-10(7-12(14)9-21)8-20-15(22)11-2-4-13(5-3-11)23-16(18)19/h1-7,16,21H,8-9H2,(H,20,22). The van der Waals surface area contributed by atoms with Gasteiger partial charge in [-0.25, -0.2) is 4.39 Å². The Bertz CT molecular complexity index is 675. The zero-order chi connectivity index (χ0) is 16.8. The van der Waals surface area contributed by atoms with Crippen molar-refractivity contribution in [2.24, 2.45) is 0 Å². The zero-order valence-corrected chi connectivity index (χ0v) is 11.9. The summed E-state index contributed by atoms with van der Waals surface area (Å²) in [5.74, 6) is -0.969. The van der Waals surface area contributed by atoms with E-state index in [1.54, 1.807) is 0 Å². The summed E-state index contributed by atoms with van der Waals surface area (Å²) in [6, 6.07) is 9.41. The highest BCUT2D eigenvalue weighted by Gasteiger charge is 2.09. The van der Waals surface area contributed by atoms with Crippen molar-refractivity contribution in [2.45, 2.75) is 19.8 Å². The number of amides is 1. The van der Waals surface area contributed by atoms with Gasteiger partial charge in [-0.15, -0.1) is 0 Å². The van der Waals surface area contributed by atoms with Crippen molar-refractivity contribution in [3.05, 3.63) is 65.0 Å². The van der Waals surface area contributed by atoms with Crippen LogP contribution in [0, 0.1) is 5.82 Å². The van der Waals surface area contributed by atoms with Crippen molar-refractivity contribution < 1.29 is 27.8 Å². The van der Waals surface area contributed by atoms with Gasteiger partial charge in [-0.2, -0.15) is 8.78 Å². The quantitative estimate of drug-likeness (QED) is 0.859. The SMILES string of the molecule is O=C(NCc1ccc(F)c(CO)c1)c1ccc(OC(F)F)cc1. The molecule has 0 unspecified atom stereocenters. The van der Waals surface area contributed by atoms with Crippen LogP contribution in [0.15, 0.2) is 42.5 Å². The Hall–Kier alpha value is -2.54. The molecule has 2 rings (SSSR count). The van der Waals surface area contributed by atoms with E-state index in [0.29, 0.717) is 5.56 Å². The van der Waals surface area contributed by atoms with E-state index in [2.05, 4.69) is 10.1 Å². The molecule has 0 aliphatic rings. The van der Waals surface area contributed by atoms with E-state index in [9.17, 15) is 18.0 Å². The summed E-state index contributed by atoms with van der Waals surface area (Å²) in [7, 11) is 0. The maximum atomic E-state index is 13.2. The van der Waals surface area contributed by atoms with Crippen LogP contribution in [-0.2, 0) is 13.2 Å². The van der Waals surface area contributed by atoms with Crippen molar-refractivity contribution in [1.29, 1.82) is 0 Å². The molecule has 122 valence electrons. The van der Waals surface area contributed by atoms with Crippen molar-refractivity contribution in [3.63, 3.8) is 0 Å². The van der Waals surface area contributed by atoms with Crippen LogP contribution in [0.3, 0.4) is 0 Å². The molecule has 0 saturated heterocycles. The first-order valence-corrected chi connectivity index (χ1v) is 6.71. The molecule has 0 fully saturated rings. The van der Waals surface area contributed by atoms with Gasteiger partial charge in [0.2, 0.25) is 0 Å². The van der Waals surface area contributed by atoms with Gasteiger partial charge in [0, 0.05) is 17.7 Å². The highest BCUT2D eigenvalue weighted by Crippen LogP contribution is 2.15. The second-order valence-corrected chi connectivity index (χ2v) is 4.67. The Morgan fingerprint density at radius 1 is 1.17 bits per heavy atom. The molecular weight excluding hydrogens is 311 g/mol. The molecule has 0 heterocycles. The number of ether oxygens (including phenoxy) is 1. The van der Waals surface area contributed by atoms with E-state index in [-0.39, 0.29) is 23.4 Å². The topological polar surface area (TPSA) is 58.6 Å². The predicted molar refractivity (Wildman–Crippen MR) is 76.6 cm³/mol. The average molecular weight is 325 g/mol. The lowest BCUT2D eigenvalue weighted by molar-refractivity contribution is -0.0498. The minimum Gasteiger partial charge on any atom is -0.435 e. The second-order valence-electron chi connectivity index (χ2n) is 4.67. The first kappa shape index (κ1) is 16.8. The lowest BCUT2D eigenvalue weighted by Crippen LogP contribution is -2.22. The third kappa shape index (κ3) is 4.72. The molecule has 1 amide bonds. The van der Waals surface area contributed by atoms with E-state index >= 15 is 0 Å². The molecule has 2 aromatic carbocycles. The zero-order valence-electron chi connectivity index (χ0n) is 11.9. The summed E-state index contributed by atoms with van der Waals surface area (Å²) in [5, 5.41) is 11.6. The smallest absolute Gasteiger partial charge is 0.387 e. The minimum atomic E-state index is -2.92. The average Bonchev–Trinajstić information content (AvgIpc) is 2.54. The second kappa shape index (κ2) is 7.64. The molecular formula is C16H14F3NO3. The highest BCUT2D eigenvalue weighted by molar-refractivity contribution is 5.94. The number of aliphatic hydroxyl groups excluding tert-OH is 1. The molecule has 0 radical (unpaired) electrons. The minimum absolute atomic E-state index is 0.0392. The molecule has 2 aromatic rings. The third-order valence-electron chi connectivity index (χ3n) is 3.08. The summed E-state index contributed by atoms with van der Waals surface area (Å²) in [5.41, 5.74) is 1.04. The number of alkyl halides is 2. The van der Waals surface area contributed by atoms with Crippen molar-refractivity contribution in [1.82, 2.24) is 5.32 Å². The van der Waals surface area contributed by atoms with Gasteiger partial charge in [0.15, 0.2) is 0 Å². The fourth-order valence-electron chi connectivity index (χ4n) is 1.93. The van der Waals surface area contributed by atoms with Gasteiger partial charge >= 0.3 is 6.61 Å². The van der Waals surface area contributed by atoms with Crippen LogP contribution < -0.4 is 10.1 Å². The third-order valence-corrected chi connectivity index (χ3v) is 3.08. The molecule has 0 spiro atoms. The largest absolute Gasteiger partial charge is 0.435 e. The first-order chi connectivity index (χ1) is 11.0. The maximum Gasteiger partial charge on any atom is 0.387 e. The van der Waals surface area contributed by atoms with E-state index in [4.69, 9.17) is 5.11 Å². The Morgan fingerprint density at radius 2 is 1.87 bits per heavy atom. The van der Waals surface area contributed by atoms with Gasteiger partial charge in [-0.1, -0.05) is 6.07 Å². The molecule has 4 nitrogen and oxygen atoms in total. The molecule has 2 N–H and O–H groups in total. The lowest BCUT2D eigenvalue weighted by Gasteiger charge is -2.08. The van der Waals surface area contributed by atoms with E-state index < -0.39 is 24.9 Å². The Morgan fingerprint density at radius 3 is 2.48 bits per heavy atom. The van der Waals surface area contributed by atoms with Gasteiger partial charge in [-0.05, 0) is 42.0 Å². The van der Waals surface area contributed by atoms with Crippen LogP contribution >= 0.6 is 0 Å². The van der Waals surface area contributed by atoms with Crippen molar-refractivity contribution >= 4 is 5.91 Å². The summed E-state index contributed by atoms with van der Waals surface area (Å²) >= 11 is 0. The number of benzene rings is 2. The normalized spacial score (nSPS) is 10.7. The molecule has 0 aliphatic heterocycles. The Labute approximate surface area is 130 Å². The van der Waals surface area contributed by atoms with Crippen molar-refractivity contribution in [2.75, 3.05) is 0 Å². The summed E-state index contributed by atoms with van der Waals surface area (Å²) < 4.78 is 41.5. The van der Waals surface area contributed by atoms with Crippen molar-refractivity contribution in [3.8, 4) is 5.75 Å². The summed E-state index contributed by atoms with van der Waals surface area (Å²) in [6.07, 6.45) is 0. The molecule has 0 saturated carbocycles. The molecule has 0 atom stereocenters. The number of aliphatic hydroxyl groups is 1. The monoisotopic (exact) mass is 325 g/mol.